The number of aromatic nitrogens is 1. The van der Waals surface area contributed by atoms with Crippen LogP contribution in [0.15, 0.2) is 35.7 Å². The third-order valence-electron chi connectivity index (χ3n) is 4.08. The Kier molecular flexibility index (Phi) is 7.78. The van der Waals surface area contributed by atoms with Gasteiger partial charge in [-0.05, 0) is 25.3 Å². The van der Waals surface area contributed by atoms with E-state index in [4.69, 9.17) is 4.74 Å². The molecule has 1 atom stereocenters. The van der Waals surface area contributed by atoms with Crippen molar-refractivity contribution in [2.24, 2.45) is 0 Å². The fourth-order valence-electron chi connectivity index (χ4n) is 2.84. The molecular formula is C20H26N2O3S. The van der Waals surface area contributed by atoms with Gasteiger partial charge in [0.2, 0.25) is 5.91 Å². The maximum absolute atomic E-state index is 13.1. The van der Waals surface area contributed by atoms with Gasteiger partial charge in [0.05, 0.1) is 19.1 Å². The molecule has 0 aliphatic heterocycles. The van der Waals surface area contributed by atoms with Gasteiger partial charge in [-0.25, -0.2) is 9.78 Å². The lowest BCUT2D eigenvalue weighted by Crippen LogP contribution is -2.35. The molecule has 26 heavy (non-hydrogen) atoms. The molecule has 5 nitrogen and oxygen atoms in total. The van der Waals surface area contributed by atoms with E-state index in [-0.39, 0.29) is 11.8 Å². The van der Waals surface area contributed by atoms with Gasteiger partial charge in [0.15, 0.2) is 5.69 Å². The summed E-state index contributed by atoms with van der Waals surface area (Å²) in [5.41, 5.74) is 1.35. The molecule has 0 radical (unpaired) electrons. The van der Waals surface area contributed by atoms with Gasteiger partial charge in [0.25, 0.3) is 0 Å². The van der Waals surface area contributed by atoms with Crippen LogP contribution in [0.4, 0.5) is 0 Å². The molecule has 2 aromatic rings. The zero-order chi connectivity index (χ0) is 18.9. The topological polar surface area (TPSA) is 59.5 Å². The lowest BCUT2D eigenvalue weighted by molar-refractivity contribution is -0.133. The quantitative estimate of drug-likeness (QED) is 0.616. The van der Waals surface area contributed by atoms with Crippen LogP contribution in [0, 0.1) is 0 Å². The fourth-order valence-corrected chi connectivity index (χ4v) is 3.62. The molecule has 1 aromatic carbocycles. The molecule has 0 aliphatic carbocycles. The zero-order valence-electron chi connectivity index (χ0n) is 15.6. The number of carbonyl (C=O) groups is 2. The first kappa shape index (κ1) is 20.1. The second kappa shape index (κ2) is 10.1. The number of amides is 1. The van der Waals surface area contributed by atoms with Gasteiger partial charge in [-0.15, -0.1) is 11.3 Å². The molecule has 1 unspecified atom stereocenters. The Bertz CT molecular complexity index is 715. The normalized spacial score (nSPS) is 11.8. The largest absolute Gasteiger partial charge is 0.461 e. The molecule has 1 aromatic heterocycles. The second-order valence-electron chi connectivity index (χ2n) is 5.98. The summed E-state index contributed by atoms with van der Waals surface area (Å²) in [6.07, 6.45) is 1.61. The van der Waals surface area contributed by atoms with E-state index in [1.54, 1.807) is 12.3 Å². The average molecular weight is 375 g/mol. The van der Waals surface area contributed by atoms with Crippen molar-refractivity contribution >= 4 is 23.2 Å². The minimum absolute atomic E-state index is 0.105. The molecule has 1 amide bonds. The summed E-state index contributed by atoms with van der Waals surface area (Å²) in [6.45, 7) is 7.25. The summed E-state index contributed by atoms with van der Waals surface area (Å²) >= 11 is 1.38. The Morgan fingerprint density at radius 3 is 2.54 bits per heavy atom. The molecular weight excluding hydrogens is 348 g/mol. The molecule has 6 heteroatoms. The standard InChI is InChI=1S/C20H26N2O3S/c1-4-12-22(13-18-21-17(14-26-18)20(24)25-6-3)19(23)16(5-2)15-10-8-7-9-11-15/h7-11,14,16H,4-6,12-13H2,1-3H3. The third-order valence-corrected chi connectivity index (χ3v) is 4.91. The van der Waals surface area contributed by atoms with Crippen LogP contribution in [0.1, 0.15) is 60.6 Å². The van der Waals surface area contributed by atoms with Gasteiger partial charge in [-0.3, -0.25) is 4.79 Å². The van der Waals surface area contributed by atoms with Crippen molar-refractivity contribution in [3.05, 3.63) is 52.0 Å². The number of esters is 1. The molecule has 0 aliphatic rings. The summed E-state index contributed by atoms with van der Waals surface area (Å²) in [4.78, 5) is 31.1. The predicted molar refractivity (Wildman–Crippen MR) is 103 cm³/mol. The van der Waals surface area contributed by atoms with Crippen LogP contribution < -0.4 is 0 Å². The Morgan fingerprint density at radius 1 is 1.19 bits per heavy atom. The maximum Gasteiger partial charge on any atom is 0.357 e. The van der Waals surface area contributed by atoms with Crippen molar-refractivity contribution in [3.63, 3.8) is 0 Å². The molecule has 0 N–H and O–H groups in total. The van der Waals surface area contributed by atoms with Crippen molar-refractivity contribution in [1.29, 1.82) is 0 Å². The van der Waals surface area contributed by atoms with Gasteiger partial charge >= 0.3 is 5.97 Å². The molecule has 2 rings (SSSR count). The van der Waals surface area contributed by atoms with Crippen LogP contribution in [-0.2, 0) is 16.1 Å². The van der Waals surface area contributed by atoms with E-state index >= 15 is 0 Å². The smallest absolute Gasteiger partial charge is 0.357 e. The molecule has 0 saturated heterocycles. The van der Waals surface area contributed by atoms with E-state index in [1.807, 2.05) is 42.2 Å². The summed E-state index contributed by atoms with van der Waals surface area (Å²) in [5, 5.41) is 2.44. The maximum atomic E-state index is 13.1. The summed E-state index contributed by atoms with van der Waals surface area (Å²) < 4.78 is 4.98. The first-order chi connectivity index (χ1) is 12.6. The number of ether oxygens (including phenoxy) is 1. The van der Waals surface area contributed by atoms with E-state index in [9.17, 15) is 9.59 Å². The average Bonchev–Trinajstić information content (AvgIpc) is 3.12. The lowest BCUT2D eigenvalue weighted by Gasteiger charge is -2.26. The van der Waals surface area contributed by atoms with E-state index in [2.05, 4.69) is 11.9 Å². The van der Waals surface area contributed by atoms with Crippen LogP contribution in [0.2, 0.25) is 0 Å². The van der Waals surface area contributed by atoms with Crippen molar-refractivity contribution in [2.45, 2.75) is 46.1 Å². The lowest BCUT2D eigenvalue weighted by atomic mass is 9.95. The molecule has 1 heterocycles. The van der Waals surface area contributed by atoms with Crippen molar-refractivity contribution in [2.75, 3.05) is 13.2 Å². The van der Waals surface area contributed by atoms with E-state index in [0.29, 0.717) is 25.4 Å². The number of hydrogen-bond donors (Lipinski definition) is 0. The number of thiazole rings is 1. The predicted octanol–water partition coefficient (Wildman–Crippen LogP) is 4.25. The number of carbonyl (C=O) groups excluding carboxylic acids is 2. The number of nitrogens with zero attached hydrogens (tertiary/aromatic N) is 2. The molecule has 0 saturated carbocycles. The van der Waals surface area contributed by atoms with Crippen molar-refractivity contribution < 1.29 is 14.3 Å². The zero-order valence-corrected chi connectivity index (χ0v) is 16.4. The highest BCUT2D eigenvalue weighted by Gasteiger charge is 2.25. The van der Waals surface area contributed by atoms with Gasteiger partial charge in [0, 0.05) is 11.9 Å². The van der Waals surface area contributed by atoms with Crippen LogP contribution in [-0.4, -0.2) is 34.9 Å². The van der Waals surface area contributed by atoms with Crippen molar-refractivity contribution in [3.8, 4) is 0 Å². The highest BCUT2D eigenvalue weighted by molar-refractivity contribution is 7.09. The first-order valence-electron chi connectivity index (χ1n) is 9.05. The number of benzene rings is 1. The van der Waals surface area contributed by atoms with Crippen molar-refractivity contribution in [1.82, 2.24) is 9.88 Å². The van der Waals surface area contributed by atoms with Crippen LogP contribution in [0.5, 0.6) is 0 Å². The van der Waals surface area contributed by atoms with Gasteiger partial charge in [-0.1, -0.05) is 44.2 Å². The molecule has 140 valence electrons. The molecule has 0 bridgehead atoms. The summed E-state index contributed by atoms with van der Waals surface area (Å²) in [6, 6.07) is 9.87. The van der Waals surface area contributed by atoms with Gasteiger partial charge < -0.3 is 9.64 Å². The Balaban J connectivity index is 2.15. The van der Waals surface area contributed by atoms with Crippen LogP contribution in [0.25, 0.3) is 0 Å². The van der Waals surface area contributed by atoms with Gasteiger partial charge in [-0.2, -0.15) is 0 Å². The van der Waals surface area contributed by atoms with E-state index < -0.39 is 5.97 Å². The summed E-state index contributed by atoms with van der Waals surface area (Å²) in [7, 11) is 0. The minimum Gasteiger partial charge on any atom is -0.461 e. The third kappa shape index (κ3) is 5.14. The van der Waals surface area contributed by atoms with Gasteiger partial charge in [0.1, 0.15) is 5.01 Å². The first-order valence-corrected chi connectivity index (χ1v) is 9.93. The fraction of sp³-hybridized carbons (Fsp3) is 0.450. The molecule has 0 fully saturated rings. The highest BCUT2D eigenvalue weighted by Crippen LogP contribution is 2.24. The van der Waals surface area contributed by atoms with E-state index in [1.165, 1.54) is 11.3 Å². The van der Waals surface area contributed by atoms with Crippen LogP contribution in [0.3, 0.4) is 0 Å². The highest BCUT2D eigenvalue weighted by atomic mass is 32.1. The number of rotatable bonds is 9. The monoisotopic (exact) mass is 374 g/mol. The minimum atomic E-state index is -0.418. The Hall–Kier alpha value is -2.21. The Labute approximate surface area is 159 Å². The van der Waals surface area contributed by atoms with Crippen LogP contribution >= 0.6 is 11.3 Å². The Morgan fingerprint density at radius 2 is 1.92 bits per heavy atom. The number of hydrogen-bond acceptors (Lipinski definition) is 5. The second-order valence-corrected chi connectivity index (χ2v) is 6.92. The SMILES string of the molecule is CCCN(Cc1nc(C(=O)OCC)cs1)C(=O)C(CC)c1ccccc1. The van der Waals surface area contributed by atoms with E-state index in [0.717, 1.165) is 23.4 Å². The molecule has 0 spiro atoms. The summed E-state index contributed by atoms with van der Waals surface area (Å²) in [5.74, 6) is -0.472.